The van der Waals surface area contributed by atoms with Crippen LogP contribution in [0.3, 0.4) is 0 Å². The molecular weight excluding hydrogens is 260 g/mol. The van der Waals surface area contributed by atoms with E-state index >= 15 is 0 Å². The molecule has 0 spiro atoms. The second-order valence-corrected chi connectivity index (χ2v) is 4.16. The van der Waals surface area contributed by atoms with Gasteiger partial charge in [0.2, 0.25) is 0 Å². The summed E-state index contributed by atoms with van der Waals surface area (Å²) in [5.41, 5.74) is 6.98. The third-order valence-electron chi connectivity index (χ3n) is 2.88. The normalized spacial score (nSPS) is 11.9. The van der Waals surface area contributed by atoms with E-state index in [1.54, 1.807) is 0 Å². The Morgan fingerprint density at radius 2 is 2.05 bits per heavy atom. The number of benzene rings is 1. The molecule has 0 amide bonds. The quantitative estimate of drug-likeness (QED) is 0.656. The predicted octanol–water partition coefficient (Wildman–Crippen LogP) is 1.64. The second kappa shape index (κ2) is 6.07. The Morgan fingerprint density at radius 3 is 2.65 bits per heavy atom. The van der Waals surface area contributed by atoms with E-state index in [9.17, 15) is 10.1 Å². The fourth-order valence-corrected chi connectivity index (χ4v) is 1.91. The van der Waals surface area contributed by atoms with Gasteiger partial charge in [0.15, 0.2) is 0 Å². The number of ether oxygens (including phenoxy) is 1. The summed E-state index contributed by atoms with van der Waals surface area (Å²) in [6, 6.07) is 8.97. The highest BCUT2D eigenvalue weighted by Crippen LogP contribution is 2.29. The van der Waals surface area contributed by atoms with Crippen molar-refractivity contribution in [3.63, 3.8) is 0 Å². The topological polar surface area (TPSA) is 104 Å². The van der Waals surface area contributed by atoms with Gasteiger partial charge in [-0.25, -0.2) is 4.98 Å². The largest absolute Gasteiger partial charge is 0.476 e. The summed E-state index contributed by atoms with van der Waals surface area (Å²) < 4.78 is 4.90. The number of aromatic nitrogens is 2. The van der Waals surface area contributed by atoms with Gasteiger partial charge in [-0.15, -0.1) is 0 Å². The zero-order chi connectivity index (χ0) is 14.5. The molecule has 1 atom stereocenters. The van der Waals surface area contributed by atoms with Gasteiger partial charge in [0.1, 0.15) is 12.0 Å². The summed E-state index contributed by atoms with van der Waals surface area (Å²) in [5, 5.41) is 11.1. The second-order valence-electron chi connectivity index (χ2n) is 4.16. The van der Waals surface area contributed by atoms with Gasteiger partial charge in [0, 0.05) is 12.5 Å². The van der Waals surface area contributed by atoms with E-state index in [1.807, 2.05) is 30.3 Å². The van der Waals surface area contributed by atoms with Crippen LogP contribution in [-0.4, -0.2) is 22.0 Å². The third-order valence-corrected chi connectivity index (χ3v) is 2.88. The minimum atomic E-state index is -0.550. The Labute approximate surface area is 115 Å². The van der Waals surface area contributed by atoms with E-state index < -0.39 is 4.92 Å². The van der Waals surface area contributed by atoms with E-state index in [1.165, 1.54) is 13.4 Å². The number of hydrogen-bond acceptors (Lipinski definition) is 6. The number of nitro groups is 1. The van der Waals surface area contributed by atoms with Gasteiger partial charge >= 0.3 is 5.69 Å². The maximum atomic E-state index is 11.1. The highest BCUT2D eigenvalue weighted by atomic mass is 16.6. The molecule has 0 bridgehead atoms. The molecule has 2 N–H and O–H groups in total. The number of nitrogens with two attached hydrogens (primary N) is 1. The molecule has 0 aliphatic carbocycles. The minimum Gasteiger partial charge on any atom is -0.476 e. The molecule has 0 aliphatic rings. The van der Waals surface area contributed by atoms with Gasteiger partial charge in [0.05, 0.1) is 12.0 Å². The Hall–Kier alpha value is -2.54. The maximum absolute atomic E-state index is 11.1. The summed E-state index contributed by atoms with van der Waals surface area (Å²) in [4.78, 5) is 18.3. The van der Waals surface area contributed by atoms with Crippen LogP contribution in [0.4, 0.5) is 5.69 Å². The Balaban J connectivity index is 2.32. The van der Waals surface area contributed by atoms with E-state index in [-0.39, 0.29) is 29.7 Å². The van der Waals surface area contributed by atoms with Gasteiger partial charge in [0.25, 0.3) is 5.88 Å². The summed E-state index contributed by atoms with van der Waals surface area (Å²) >= 11 is 0. The molecular formula is C13H14N4O3. The summed E-state index contributed by atoms with van der Waals surface area (Å²) in [6.07, 6.45) is 1.47. The van der Waals surface area contributed by atoms with Crippen LogP contribution in [0.1, 0.15) is 17.3 Å². The average molecular weight is 274 g/mol. The number of hydrogen-bond donors (Lipinski definition) is 1. The van der Waals surface area contributed by atoms with Crippen LogP contribution in [0.15, 0.2) is 36.7 Å². The molecule has 0 radical (unpaired) electrons. The van der Waals surface area contributed by atoms with Crippen LogP contribution < -0.4 is 10.5 Å². The van der Waals surface area contributed by atoms with Crippen molar-refractivity contribution < 1.29 is 9.66 Å². The molecule has 1 aromatic carbocycles. The fourth-order valence-electron chi connectivity index (χ4n) is 1.91. The molecule has 1 heterocycles. The molecule has 2 aromatic rings. The van der Waals surface area contributed by atoms with E-state index in [2.05, 4.69) is 9.97 Å². The van der Waals surface area contributed by atoms with Crippen molar-refractivity contribution in [3.05, 3.63) is 58.0 Å². The van der Waals surface area contributed by atoms with Crippen molar-refractivity contribution in [2.75, 3.05) is 7.11 Å². The summed E-state index contributed by atoms with van der Waals surface area (Å²) in [7, 11) is 1.33. The Kier molecular flexibility index (Phi) is 4.21. The van der Waals surface area contributed by atoms with Crippen LogP contribution in [0, 0.1) is 10.1 Å². The van der Waals surface area contributed by atoms with Crippen molar-refractivity contribution in [2.24, 2.45) is 5.73 Å². The monoisotopic (exact) mass is 274 g/mol. The predicted molar refractivity (Wildman–Crippen MR) is 72.3 cm³/mol. The Bertz CT molecular complexity index is 604. The van der Waals surface area contributed by atoms with E-state index in [0.29, 0.717) is 0 Å². The summed E-state index contributed by atoms with van der Waals surface area (Å²) in [6.45, 7) is 0. The van der Waals surface area contributed by atoms with Gasteiger partial charge in [-0.05, 0) is 5.56 Å². The van der Waals surface area contributed by atoms with E-state index in [4.69, 9.17) is 10.5 Å². The van der Waals surface area contributed by atoms with Crippen LogP contribution in [0.5, 0.6) is 5.88 Å². The molecule has 0 saturated heterocycles. The first-order valence-electron chi connectivity index (χ1n) is 5.96. The lowest BCUT2D eigenvalue weighted by Gasteiger charge is -2.12. The van der Waals surface area contributed by atoms with Crippen LogP contribution in [0.25, 0.3) is 0 Å². The number of methoxy groups -OCH3 is 1. The highest BCUT2D eigenvalue weighted by molar-refractivity contribution is 5.45. The standard InChI is InChI=1S/C13H14N4O3/c1-20-13-12(17(18)19)11(15-8-16-13)7-10(14)9-5-3-2-4-6-9/h2-6,8,10H,7,14H2,1H3. The smallest absolute Gasteiger partial charge is 0.352 e. The molecule has 7 nitrogen and oxygen atoms in total. The van der Waals surface area contributed by atoms with Crippen LogP contribution >= 0.6 is 0 Å². The molecule has 1 aromatic heterocycles. The number of rotatable bonds is 5. The molecule has 1 unspecified atom stereocenters. The van der Waals surface area contributed by atoms with Crippen molar-refractivity contribution in [3.8, 4) is 5.88 Å². The molecule has 104 valence electrons. The van der Waals surface area contributed by atoms with Gasteiger partial charge in [-0.3, -0.25) is 10.1 Å². The van der Waals surface area contributed by atoms with Gasteiger partial charge < -0.3 is 10.5 Å². The van der Waals surface area contributed by atoms with E-state index in [0.717, 1.165) is 5.56 Å². The van der Waals surface area contributed by atoms with Crippen molar-refractivity contribution in [1.29, 1.82) is 0 Å². The molecule has 7 heteroatoms. The lowest BCUT2D eigenvalue weighted by molar-refractivity contribution is -0.387. The molecule has 0 aliphatic heterocycles. The number of nitrogens with zero attached hydrogens (tertiary/aromatic N) is 3. The van der Waals surface area contributed by atoms with Gasteiger partial charge in [-0.2, -0.15) is 4.98 Å². The van der Waals surface area contributed by atoms with Crippen molar-refractivity contribution in [1.82, 2.24) is 9.97 Å². The van der Waals surface area contributed by atoms with Gasteiger partial charge in [-0.1, -0.05) is 30.3 Å². The highest BCUT2D eigenvalue weighted by Gasteiger charge is 2.25. The third kappa shape index (κ3) is 2.89. The Morgan fingerprint density at radius 1 is 1.35 bits per heavy atom. The first-order chi connectivity index (χ1) is 9.63. The van der Waals surface area contributed by atoms with Crippen molar-refractivity contribution in [2.45, 2.75) is 12.5 Å². The lowest BCUT2D eigenvalue weighted by Crippen LogP contribution is -2.15. The van der Waals surface area contributed by atoms with Crippen LogP contribution in [-0.2, 0) is 6.42 Å². The average Bonchev–Trinajstić information content (AvgIpc) is 2.47. The first kappa shape index (κ1) is 13.9. The zero-order valence-corrected chi connectivity index (χ0v) is 10.9. The first-order valence-corrected chi connectivity index (χ1v) is 5.96. The van der Waals surface area contributed by atoms with Crippen LogP contribution in [0.2, 0.25) is 0 Å². The molecule has 2 rings (SSSR count). The SMILES string of the molecule is COc1ncnc(CC(N)c2ccccc2)c1[N+](=O)[O-]. The maximum Gasteiger partial charge on any atom is 0.352 e. The molecule has 0 fully saturated rings. The lowest BCUT2D eigenvalue weighted by atomic mass is 10.0. The zero-order valence-electron chi connectivity index (χ0n) is 10.9. The molecule has 0 saturated carbocycles. The minimum absolute atomic E-state index is 0.0553. The fraction of sp³-hybridized carbons (Fsp3) is 0.231. The summed E-state index contributed by atoms with van der Waals surface area (Å²) in [5.74, 6) is -0.0553. The molecule has 20 heavy (non-hydrogen) atoms. The van der Waals surface area contributed by atoms with Crippen molar-refractivity contribution >= 4 is 5.69 Å².